The summed E-state index contributed by atoms with van der Waals surface area (Å²) >= 11 is 1.24. The molecule has 140 valence electrons. The minimum atomic E-state index is -0.523. The van der Waals surface area contributed by atoms with Gasteiger partial charge in [-0.2, -0.15) is 0 Å². The zero-order valence-corrected chi connectivity index (χ0v) is 15.2. The SMILES string of the molecule is CC(=O)Nc1nc(COC(=O)c2ccc(CN3C(=O)CNC3=O)cc2)cs1. The van der Waals surface area contributed by atoms with Crippen molar-refractivity contribution in [2.24, 2.45) is 0 Å². The molecular formula is C17H16N4O5S. The predicted octanol–water partition coefficient (Wildman–Crippen LogP) is 1.51. The number of imide groups is 1. The second-order valence-electron chi connectivity index (χ2n) is 5.74. The first kappa shape index (κ1) is 18.5. The highest BCUT2D eigenvalue weighted by molar-refractivity contribution is 7.13. The monoisotopic (exact) mass is 388 g/mol. The zero-order valence-electron chi connectivity index (χ0n) is 14.4. The van der Waals surface area contributed by atoms with Gasteiger partial charge in [-0.25, -0.2) is 14.6 Å². The van der Waals surface area contributed by atoms with E-state index in [1.807, 2.05) is 0 Å². The van der Waals surface area contributed by atoms with Crippen LogP contribution >= 0.6 is 11.3 Å². The molecule has 9 nitrogen and oxygen atoms in total. The molecule has 0 aliphatic carbocycles. The van der Waals surface area contributed by atoms with Gasteiger partial charge in [0.1, 0.15) is 6.61 Å². The van der Waals surface area contributed by atoms with E-state index in [9.17, 15) is 19.2 Å². The molecule has 1 saturated heterocycles. The van der Waals surface area contributed by atoms with Crippen LogP contribution < -0.4 is 10.6 Å². The number of carbonyl (C=O) groups is 4. The Labute approximate surface area is 158 Å². The Kier molecular flexibility index (Phi) is 5.46. The van der Waals surface area contributed by atoms with E-state index < -0.39 is 12.0 Å². The third-order valence-corrected chi connectivity index (χ3v) is 4.46. The highest BCUT2D eigenvalue weighted by atomic mass is 32.1. The molecule has 1 aliphatic heterocycles. The average Bonchev–Trinajstić information content (AvgIpc) is 3.21. The van der Waals surface area contributed by atoms with Crippen molar-refractivity contribution in [3.63, 3.8) is 0 Å². The van der Waals surface area contributed by atoms with Crippen molar-refractivity contribution < 1.29 is 23.9 Å². The van der Waals surface area contributed by atoms with Crippen molar-refractivity contribution >= 4 is 40.3 Å². The van der Waals surface area contributed by atoms with Gasteiger partial charge in [0.15, 0.2) is 5.13 Å². The van der Waals surface area contributed by atoms with Crippen molar-refractivity contribution in [3.8, 4) is 0 Å². The Balaban J connectivity index is 1.54. The number of urea groups is 1. The third-order valence-electron chi connectivity index (χ3n) is 3.65. The molecule has 1 aliphatic rings. The standard InChI is InChI=1S/C17H16N4O5S/c1-10(22)19-16-20-13(9-27-16)8-26-15(24)12-4-2-11(3-5-12)7-21-14(23)6-18-17(21)25/h2-5,9H,6-8H2,1H3,(H,18,25)(H,19,20,22). The van der Waals surface area contributed by atoms with Gasteiger partial charge in [-0.3, -0.25) is 14.5 Å². The molecule has 0 bridgehead atoms. The lowest BCUT2D eigenvalue weighted by Gasteiger charge is -2.12. The number of aromatic nitrogens is 1. The fourth-order valence-corrected chi connectivity index (χ4v) is 3.09. The smallest absolute Gasteiger partial charge is 0.338 e. The largest absolute Gasteiger partial charge is 0.456 e. The molecule has 2 heterocycles. The molecule has 0 atom stereocenters. The summed E-state index contributed by atoms with van der Waals surface area (Å²) in [5, 5.41) is 7.14. The van der Waals surface area contributed by atoms with Gasteiger partial charge in [0.25, 0.3) is 0 Å². The molecule has 0 spiro atoms. The number of esters is 1. The molecule has 10 heteroatoms. The number of amides is 4. The maximum absolute atomic E-state index is 12.1. The Hall–Kier alpha value is -3.27. The van der Waals surface area contributed by atoms with Gasteiger partial charge in [-0.15, -0.1) is 11.3 Å². The van der Waals surface area contributed by atoms with Crippen molar-refractivity contribution in [2.45, 2.75) is 20.1 Å². The van der Waals surface area contributed by atoms with Crippen LogP contribution in [0.5, 0.6) is 0 Å². The van der Waals surface area contributed by atoms with Crippen LogP contribution in [0.2, 0.25) is 0 Å². The van der Waals surface area contributed by atoms with E-state index in [1.54, 1.807) is 29.6 Å². The molecule has 1 aromatic carbocycles. The van der Waals surface area contributed by atoms with E-state index in [0.717, 1.165) is 10.5 Å². The topological polar surface area (TPSA) is 118 Å². The quantitative estimate of drug-likeness (QED) is 0.572. The lowest BCUT2D eigenvalue weighted by atomic mass is 10.1. The van der Waals surface area contributed by atoms with E-state index >= 15 is 0 Å². The molecule has 0 unspecified atom stereocenters. The first-order valence-corrected chi connectivity index (χ1v) is 8.86. The van der Waals surface area contributed by atoms with Crippen LogP contribution in [-0.4, -0.2) is 40.2 Å². The molecule has 0 radical (unpaired) electrons. The van der Waals surface area contributed by atoms with E-state index in [4.69, 9.17) is 4.74 Å². The van der Waals surface area contributed by atoms with E-state index in [2.05, 4.69) is 15.6 Å². The fourth-order valence-electron chi connectivity index (χ4n) is 2.35. The fraction of sp³-hybridized carbons (Fsp3) is 0.235. The van der Waals surface area contributed by atoms with Gasteiger partial charge in [-0.05, 0) is 17.7 Å². The lowest BCUT2D eigenvalue weighted by molar-refractivity contribution is -0.125. The van der Waals surface area contributed by atoms with Crippen molar-refractivity contribution in [1.82, 2.24) is 15.2 Å². The molecule has 2 N–H and O–H groups in total. The maximum atomic E-state index is 12.1. The first-order chi connectivity index (χ1) is 12.9. The summed E-state index contributed by atoms with van der Waals surface area (Å²) in [7, 11) is 0. The maximum Gasteiger partial charge on any atom is 0.338 e. The van der Waals surface area contributed by atoms with E-state index in [1.165, 1.54) is 18.3 Å². The summed E-state index contributed by atoms with van der Waals surface area (Å²) in [5.74, 6) is -1.03. The van der Waals surface area contributed by atoms with Crippen LogP contribution in [0.15, 0.2) is 29.6 Å². The van der Waals surface area contributed by atoms with Gasteiger partial charge in [-0.1, -0.05) is 12.1 Å². The summed E-state index contributed by atoms with van der Waals surface area (Å²) in [6, 6.07) is 6.03. The van der Waals surface area contributed by atoms with Crippen LogP contribution in [0.25, 0.3) is 0 Å². The predicted molar refractivity (Wildman–Crippen MR) is 95.9 cm³/mol. The number of thiazole rings is 1. The number of nitrogens with one attached hydrogen (secondary N) is 2. The van der Waals surface area contributed by atoms with Crippen molar-refractivity contribution in [2.75, 3.05) is 11.9 Å². The van der Waals surface area contributed by atoms with E-state index in [-0.39, 0.29) is 31.5 Å². The van der Waals surface area contributed by atoms with Crippen LogP contribution in [0.4, 0.5) is 9.93 Å². The summed E-state index contributed by atoms with van der Waals surface area (Å²) in [6.45, 7) is 1.52. The van der Waals surface area contributed by atoms with Gasteiger partial charge in [0.05, 0.1) is 24.3 Å². The minimum absolute atomic E-state index is 0.00348. The summed E-state index contributed by atoms with van der Waals surface area (Å²) in [4.78, 5) is 51.5. The number of benzene rings is 1. The molecular weight excluding hydrogens is 372 g/mol. The molecule has 1 aromatic heterocycles. The highest BCUT2D eigenvalue weighted by Crippen LogP contribution is 2.17. The van der Waals surface area contributed by atoms with Crippen LogP contribution in [-0.2, 0) is 27.5 Å². The van der Waals surface area contributed by atoms with Crippen LogP contribution in [0, 0.1) is 0 Å². The Morgan fingerprint density at radius 2 is 2.04 bits per heavy atom. The van der Waals surface area contributed by atoms with Crippen LogP contribution in [0.3, 0.4) is 0 Å². The van der Waals surface area contributed by atoms with Gasteiger partial charge in [0, 0.05) is 12.3 Å². The molecule has 4 amide bonds. The number of ether oxygens (including phenoxy) is 1. The normalized spacial score (nSPS) is 13.4. The van der Waals surface area contributed by atoms with Crippen LogP contribution in [0.1, 0.15) is 28.5 Å². The third kappa shape index (κ3) is 4.67. The number of hydrogen-bond acceptors (Lipinski definition) is 7. The number of nitrogens with zero attached hydrogens (tertiary/aromatic N) is 2. The Bertz CT molecular complexity index is 877. The number of carbonyl (C=O) groups excluding carboxylic acids is 4. The number of rotatable bonds is 6. The molecule has 1 fully saturated rings. The zero-order chi connectivity index (χ0) is 19.4. The first-order valence-electron chi connectivity index (χ1n) is 7.98. The minimum Gasteiger partial charge on any atom is -0.456 e. The molecule has 3 rings (SSSR count). The average molecular weight is 388 g/mol. The van der Waals surface area contributed by atoms with Gasteiger partial charge < -0.3 is 15.4 Å². The van der Waals surface area contributed by atoms with Gasteiger partial charge >= 0.3 is 12.0 Å². The van der Waals surface area contributed by atoms with Gasteiger partial charge in [0.2, 0.25) is 11.8 Å². The Morgan fingerprint density at radius 3 is 2.67 bits per heavy atom. The second kappa shape index (κ2) is 7.96. The summed E-state index contributed by atoms with van der Waals surface area (Å²) < 4.78 is 5.20. The molecule has 2 aromatic rings. The van der Waals surface area contributed by atoms with E-state index in [0.29, 0.717) is 16.4 Å². The Morgan fingerprint density at radius 1 is 1.30 bits per heavy atom. The highest BCUT2D eigenvalue weighted by Gasteiger charge is 2.28. The van der Waals surface area contributed by atoms with Crippen molar-refractivity contribution in [1.29, 1.82) is 0 Å². The number of anilines is 1. The number of hydrogen-bond donors (Lipinski definition) is 2. The molecule has 0 saturated carbocycles. The summed E-state index contributed by atoms with van der Waals surface area (Å²) in [6.07, 6.45) is 0. The van der Waals surface area contributed by atoms with Crippen molar-refractivity contribution in [3.05, 3.63) is 46.5 Å². The lowest BCUT2D eigenvalue weighted by Crippen LogP contribution is -2.30. The molecule has 27 heavy (non-hydrogen) atoms. The second-order valence-corrected chi connectivity index (χ2v) is 6.59. The summed E-state index contributed by atoms with van der Waals surface area (Å²) in [5.41, 5.74) is 1.59.